The average Bonchev–Trinajstić information content (AvgIpc) is 3.24. The summed E-state index contributed by atoms with van der Waals surface area (Å²) < 4.78 is 7.21. The van der Waals surface area contributed by atoms with Gasteiger partial charge in [-0.15, -0.1) is 0 Å². The van der Waals surface area contributed by atoms with Crippen LogP contribution in [-0.4, -0.2) is 34.9 Å². The fraction of sp³-hybridized carbons (Fsp3) is 0.375. The van der Waals surface area contributed by atoms with Gasteiger partial charge in [-0.2, -0.15) is 5.10 Å². The van der Waals surface area contributed by atoms with Crippen LogP contribution in [0.4, 0.5) is 0 Å². The number of rotatable bonds is 5. The van der Waals surface area contributed by atoms with Gasteiger partial charge >= 0.3 is 0 Å². The molecule has 0 unspecified atom stereocenters. The van der Waals surface area contributed by atoms with Crippen LogP contribution >= 0.6 is 0 Å². The molecule has 2 aromatic rings. The number of amides is 1. The summed E-state index contributed by atoms with van der Waals surface area (Å²) in [6.07, 6.45) is 5.74. The van der Waals surface area contributed by atoms with E-state index in [-0.39, 0.29) is 12.0 Å². The first-order valence-corrected chi connectivity index (χ1v) is 7.51. The number of ether oxygens (including phenoxy) is 1. The van der Waals surface area contributed by atoms with Gasteiger partial charge in [0.25, 0.3) is 5.91 Å². The van der Waals surface area contributed by atoms with Crippen molar-refractivity contribution in [1.82, 2.24) is 15.1 Å². The predicted octanol–water partition coefficient (Wildman–Crippen LogP) is 1.24. The lowest BCUT2D eigenvalue weighted by molar-refractivity contribution is 0.0857. The minimum absolute atomic E-state index is 0.115. The molecule has 0 radical (unpaired) electrons. The van der Waals surface area contributed by atoms with Crippen LogP contribution in [-0.2, 0) is 11.3 Å². The second-order valence-corrected chi connectivity index (χ2v) is 5.36. The van der Waals surface area contributed by atoms with Crippen molar-refractivity contribution < 1.29 is 9.53 Å². The Morgan fingerprint density at radius 3 is 3.05 bits per heavy atom. The summed E-state index contributed by atoms with van der Waals surface area (Å²) in [7, 11) is 0. The Balaban J connectivity index is 1.76. The molecule has 3 N–H and O–H groups in total. The topological polar surface area (TPSA) is 82.2 Å². The van der Waals surface area contributed by atoms with Gasteiger partial charge < -0.3 is 15.8 Å². The normalized spacial score (nSPS) is 17.6. The van der Waals surface area contributed by atoms with E-state index in [0.717, 1.165) is 30.7 Å². The first-order chi connectivity index (χ1) is 10.8. The summed E-state index contributed by atoms with van der Waals surface area (Å²) in [5, 5.41) is 7.21. The summed E-state index contributed by atoms with van der Waals surface area (Å²) in [6, 6.07) is 7.39. The Hall–Kier alpha value is -2.18. The van der Waals surface area contributed by atoms with Gasteiger partial charge in [-0.05, 0) is 25.0 Å². The third-order valence-corrected chi connectivity index (χ3v) is 3.78. The maximum absolute atomic E-state index is 12.4. The van der Waals surface area contributed by atoms with E-state index in [2.05, 4.69) is 10.4 Å². The van der Waals surface area contributed by atoms with Gasteiger partial charge in [0, 0.05) is 31.5 Å². The molecule has 0 aliphatic carbocycles. The zero-order valence-electron chi connectivity index (χ0n) is 12.4. The molecule has 6 nitrogen and oxygen atoms in total. The Kier molecular flexibility index (Phi) is 4.50. The van der Waals surface area contributed by atoms with Crippen molar-refractivity contribution in [2.75, 3.05) is 13.2 Å². The number of aromatic nitrogens is 2. The number of nitrogens with one attached hydrogen (secondary N) is 1. The van der Waals surface area contributed by atoms with Crippen molar-refractivity contribution in [1.29, 1.82) is 0 Å². The fourth-order valence-corrected chi connectivity index (χ4v) is 2.57. The van der Waals surface area contributed by atoms with Crippen LogP contribution in [0.3, 0.4) is 0 Å². The van der Waals surface area contributed by atoms with Gasteiger partial charge in [0.15, 0.2) is 0 Å². The molecule has 1 amide bonds. The van der Waals surface area contributed by atoms with Crippen molar-refractivity contribution in [3.63, 3.8) is 0 Å². The maximum Gasteiger partial charge on any atom is 0.253 e. The number of hydrogen-bond donors (Lipinski definition) is 2. The van der Waals surface area contributed by atoms with E-state index in [1.165, 1.54) is 0 Å². The van der Waals surface area contributed by atoms with Crippen LogP contribution in [0, 0.1) is 0 Å². The van der Waals surface area contributed by atoms with E-state index in [9.17, 15) is 4.79 Å². The standard InChI is InChI=1S/C16H20N4O2/c17-8-12-9-19-20(11-12)15-6-2-1-5-14(15)16(21)18-10-13-4-3-7-22-13/h1-2,5-6,9,11,13H,3-4,7-8,10,17H2,(H,18,21)/t13-/m0/s1. The van der Waals surface area contributed by atoms with Crippen molar-refractivity contribution >= 4 is 5.91 Å². The second kappa shape index (κ2) is 6.72. The third-order valence-electron chi connectivity index (χ3n) is 3.78. The monoisotopic (exact) mass is 300 g/mol. The Morgan fingerprint density at radius 1 is 1.45 bits per heavy atom. The molecule has 1 atom stereocenters. The summed E-state index contributed by atoms with van der Waals surface area (Å²) in [6.45, 7) is 1.75. The number of para-hydroxylation sites is 1. The molecular formula is C16H20N4O2. The fourth-order valence-electron chi connectivity index (χ4n) is 2.57. The molecule has 1 aromatic carbocycles. The molecule has 1 aromatic heterocycles. The number of hydrogen-bond acceptors (Lipinski definition) is 4. The van der Waals surface area contributed by atoms with Crippen molar-refractivity contribution in [2.24, 2.45) is 5.73 Å². The smallest absolute Gasteiger partial charge is 0.253 e. The first kappa shape index (κ1) is 14.7. The van der Waals surface area contributed by atoms with Gasteiger partial charge in [0.1, 0.15) is 0 Å². The van der Waals surface area contributed by atoms with Gasteiger partial charge in [0.05, 0.1) is 23.6 Å². The molecule has 3 rings (SSSR count). The van der Waals surface area contributed by atoms with Crippen LogP contribution < -0.4 is 11.1 Å². The van der Waals surface area contributed by atoms with Crippen LogP contribution in [0.15, 0.2) is 36.7 Å². The van der Waals surface area contributed by atoms with Crippen LogP contribution in [0.2, 0.25) is 0 Å². The lowest BCUT2D eigenvalue weighted by Gasteiger charge is -2.13. The Bertz CT molecular complexity index is 647. The number of nitrogens with two attached hydrogens (primary N) is 1. The highest BCUT2D eigenvalue weighted by atomic mass is 16.5. The molecule has 116 valence electrons. The van der Waals surface area contributed by atoms with Crippen LogP contribution in [0.1, 0.15) is 28.8 Å². The molecule has 1 aliphatic heterocycles. The Morgan fingerprint density at radius 2 is 2.32 bits per heavy atom. The minimum Gasteiger partial charge on any atom is -0.376 e. The molecule has 0 spiro atoms. The van der Waals surface area contributed by atoms with E-state index in [4.69, 9.17) is 10.5 Å². The quantitative estimate of drug-likeness (QED) is 0.870. The molecule has 1 aliphatic rings. The summed E-state index contributed by atoms with van der Waals surface area (Å²) in [5.41, 5.74) is 7.87. The number of nitrogens with zero attached hydrogens (tertiary/aromatic N) is 2. The zero-order chi connectivity index (χ0) is 15.4. The molecule has 6 heteroatoms. The summed E-state index contributed by atoms with van der Waals surface area (Å²) in [4.78, 5) is 12.4. The average molecular weight is 300 g/mol. The lowest BCUT2D eigenvalue weighted by Crippen LogP contribution is -2.32. The van der Waals surface area contributed by atoms with Gasteiger partial charge in [0.2, 0.25) is 0 Å². The van der Waals surface area contributed by atoms with E-state index < -0.39 is 0 Å². The van der Waals surface area contributed by atoms with Crippen molar-refractivity contribution in [2.45, 2.75) is 25.5 Å². The largest absolute Gasteiger partial charge is 0.376 e. The molecule has 1 fully saturated rings. The van der Waals surface area contributed by atoms with Gasteiger partial charge in [-0.25, -0.2) is 4.68 Å². The number of carbonyl (C=O) groups is 1. The molecule has 2 heterocycles. The number of benzene rings is 1. The SMILES string of the molecule is NCc1cnn(-c2ccccc2C(=O)NC[C@@H]2CCCO2)c1. The van der Waals surface area contributed by atoms with Crippen LogP contribution in [0.5, 0.6) is 0 Å². The summed E-state index contributed by atoms with van der Waals surface area (Å²) >= 11 is 0. The van der Waals surface area contributed by atoms with E-state index in [0.29, 0.717) is 18.7 Å². The van der Waals surface area contributed by atoms with Gasteiger partial charge in [-0.1, -0.05) is 12.1 Å². The zero-order valence-corrected chi connectivity index (χ0v) is 12.4. The third kappa shape index (κ3) is 3.18. The van der Waals surface area contributed by atoms with Crippen molar-refractivity contribution in [3.8, 4) is 5.69 Å². The molecular weight excluding hydrogens is 280 g/mol. The second-order valence-electron chi connectivity index (χ2n) is 5.36. The maximum atomic E-state index is 12.4. The highest BCUT2D eigenvalue weighted by molar-refractivity contribution is 5.97. The van der Waals surface area contributed by atoms with Gasteiger partial charge in [-0.3, -0.25) is 4.79 Å². The molecule has 22 heavy (non-hydrogen) atoms. The van der Waals surface area contributed by atoms with E-state index in [1.54, 1.807) is 16.9 Å². The molecule has 0 saturated carbocycles. The highest BCUT2D eigenvalue weighted by Gasteiger charge is 2.18. The lowest BCUT2D eigenvalue weighted by atomic mass is 10.1. The highest BCUT2D eigenvalue weighted by Crippen LogP contribution is 2.15. The van der Waals surface area contributed by atoms with E-state index in [1.807, 2.05) is 24.4 Å². The van der Waals surface area contributed by atoms with Crippen LogP contribution in [0.25, 0.3) is 5.69 Å². The molecule has 1 saturated heterocycles. The van der Waals surface area contributed by atoms with E-state index >= 15 is 0 Å². The first-order valence-electron chi connectivity index (χ1n) is 7.51. The molecule has 0 bridgehead atoms. The predicted molar refractivity (Wildman–Crippen MR) is 82.8 cm³/mol. The Labute approximate surface area is 129 Å². The summed E-state index contributed by atoms with van der Waals surface area (Å²) in [5.74, 6) is -0.115. The number of carbonyl (C=O) groups excluding carboxylic acids is 1. The van der Waals surface area contributed by atoms with Crippen molar-refractivity contribution in [3.05, 3.63) is 47.8 Å². The minimum atomic E-state index is -0.115.